The number of nitrogens with zero attached hydrogens (tertiary/aromatic N) is 1. The fraction of sp³-hybridized carbons (Fsp3) is 0.125. The van der Waals surface area contributed by atoms with Gasteiger partial charge in [-0.3, -0.25) is 9.79 Å². The third kappa shape index (κ3) is 3.98. The van der Waals surface area contributed by atoms with Crippen molar-refractivity contribution in [1.82, 2.24) is 0 Å². The zero-order valence-corrected chi connectivity index (χ0v) is 17.0. The molecule has 0 aliphatic carbocycles. The van der Waals surface area contributed by atoms with Gasteiger partial charge in [-0.25, -0.2) is 4.79 Å². The van der Waals surface area contributed by atoms with E-state index in [0.717, 1.165) is 11.1 Å². The number of amides is 1. The number of esters is 1. The summed E-state index contributed by atoms with van der Waals surface area (Å²) in [4.78, 5) is 29.6. The van der Waals surface area contributed by atoms with Crippen LogP contribution in [0.4, 0.5) is 11.4 Å². The van der Waals surface area contributed by atoms with Crippen LogP contribution >= 0.6 is 11.6 Å². The Morgan fingerprint density at radius 3 is 2.47 bits per heavy atom. The Labute approximate surface area is 179 Å². The summed E-state index contributed by atoms with van der Waals surface area (Å²) in [7, 11) is 0. The molecule has 6 heteroatoms. The Kier molecular flexibility index (Phi) is 5.63. The van der Waals surface area contributed by atoms with Crippen LogP contribution in [0.25, 0.3) is 0 Å². The van der Waals surface area contributed by atoms with E-state index in [2.05, 4.69) is 5.32 Å². The molecule has 0 aromatic heterocycles. The van der Waals surface area contributed by atoms with E-state index >= 15 is 0 Å². The van der Waals surface area contributed by atoms with Crippen LogP contribution in [-0.4, -0.2) is 24.2 Å². The standard InChI is InChI=1S/C24H19ClN2O3/c1-2-30-24(29)16-8-11-18(12-9-16)26-22(15-6-4-3-5-7-15)21-19-13-10-17(25)14-20(19)27-23(21)28/h3-14,21H,2H2,1H3,(H,27,28). The molecule has 0 fully saturated rings. The number of carbonyl (C=O) groups excluding carboxylic acids is 2. The number of benzene rings is 3. The average molecular weight is 419 g/mol. The molecule has 1 heterocycles. The van der Waals surface area contributed by atoms with Crippen molar-refractivity contribution < 1.29 is 14.3 Å². The minimum Gasteiger partial charge on any atom is -0.462 e. The molecule has 4 rings (SSSR count). The molecule has 5 nitrogen and oxygen atoms in total. The number of carbonyl (C=O) groups is 2. The maximum atomic E-state index is 12.9. The Morgan fingerprint density at radius 2 is 1.77 bits per heavy atom. The van der Waals surface area contributed by atoms with Gasteiger partial charge >= 0.3 is 5.97 Å². The molecule has 1 unspecified atom stereocenters. The summed E-state index contributed by atoms with van der Waals surface area (Å²) in [6.45, 7) is 2.08. The molecule has 30 heavy (non-hydrogen) atoms. The number of nitrogens with one attached hydrogen (secondary N) is 1. The number of hydrogen-bond donors (Lipinski definition) is 1. The number of hydrogen-bond acceptors (Lipinski definition) is 4. The minimum atomic E-state index is -0.565. The summed E-state index contributed by atoms with van der Waals surface area (Å²) in [5, 5.41) is 3.45. The highest BCUT2D eigenvalue weighted by Gasteiger charge is 2.35. The predicted octanol–water partition coefficient (Wildman–Crippen LogP) is 5.37. The molecular weight excluding hydrogens is 400 g/mol. The van der Waals surface area contributed by atoms with E-state index in [1.165, 1.54) is 0 Å². The van der Waals surface area contributed by atoms with Gasteiger partial charge in [0, 0.05) is 10.7 Å². The molecule has 0 saturated carbocycles. The molecule has 0 saturated heterocycles. The van der Waals surface area contributed by atoms with E-state index in [4.69, 9.17) is 21.3 Å². The van der Waals surface area contributed by atoms with Crippen LogP contribution in [0.2, 0.25) is 5.02 Å². The predicted molar refractivity (Wildman–Crippen MR) is 118 cm³/mol. The van der Waals surface area contributed by atoms with Crippen molar-refractivity contribution in [3.05, 3.63) is 94.5 Å². The lowest BCUT2D eigenvalue weighted by Gasteiger charge is -2.14. The van der Waals surface area contributed by atoms with E-state index in [1.54, 1.807) is 43.3 Å². The van der Waals surface area contributed by atoms with Gasteiger partial charge < -0.3 is 10.1 Å². The summed E-state index contributed by atoms with van der Waals surface area (Å²) in [6, 6.07) is 21.8. The second kappa shape index (κ2) is 8.51. The number of anilines is 1. The Morgan fingerprint density at radius 1 is 1.03 bits per heavy atom. The van der Waals surface area contributed by atoms with E-state index in [-0.39, 0.29) is 11.9 Å². The lowest BCUT2D eigenvalue weighted by molar-refractivity contribution is -0.115. The van der Waals surface area contributed by atoms with Gasteiger partial charge in [0.25, 0.3) is 0 Å². The van der Waals surface area contributed by atoms with Gasteiger partial charge in [0.2, 0.25) is 5.91 Å². The number of aliphatic imine (C=N–C) groups is 1. The SMILES string of the molecule is CCOC(=O)c1ccc(N=C(c2ccccc2)C2C(=O)Nc3cc(Cl)ccc32)cc1. The van der Waals surface area contributed by atoms with Crippen molar-refractivity contribution in [2.24, 2.45) is 4.99 Å². The van der Waals surface area contributed by atoms with Gasteiger partial charge in [-0.2, -0.15) is 0 Å². The number of rotatable bonds is 5. The second-order valence-electron chi connectivity index (χ2n) is 6.78. The highest BCUT2D eigenvalue weighted by Crippen LogP contribution is 2.37. The molecule has 0 radical (unpaired) electrons. The van der Waals surface area contributed by atoms with Crippen molar-refractivity contribution >= 4 is 40.6 Å². The Hall–Kier alpha value is -3.44. The average Bonchev–Trinajstić information content (AvgIpc) is 3.08. The molecule has 0 spiro atoms. The first-order chi connectivity index (χ1) is 14.6. The Bertz CT molecular complexity index is 1120. The molecule has 3 aromatic rings. The normalized spacial score (nSPS) is 15.5. The largest absolute Gasteiger partial charge is 0.462 e. The lowest BCUT2D eigenvalue weighted by Crippen LogP contribution is -2.21. The summed E-state index contributed by atoms with van der Waals surface area (Å²) < 4.78 is 5.02. The molecule has 150 valence electrons. The van der Waals surface area contributed by atoms with Crippen LogP contribution < -0.4 is 5.32 Å². The summed E-state index contributed by atoms with van der Waals surface area (Å²) in [5.41, 5.74) is 4.08. The van der Waals surface area contributed by atoms with Gasteiger partial charge in [0.1, 0.15) is 5.92 Å². The smallest absolute Gasteiger partial charge is 0.338 e. The van der Waals surface area contributed by atoms with Crippen molar-refractivity contribution in [3.8, 4) is 0 Å². The molecular formula is C24H19ClN2O3. The molecule has 1 aliphatic rings. The summed E-state index contributed by atoms with van der Waals surface area (Å²) in [6.07, 6.45) is 0. The van der Waals surface area contributed by atoms with E-state index in [0.29, 0.717) is 34.3 Å². The summed E-state index contributed by atoms with van der Waals surface area (Å²) in [5.74, 6) is -1.10. The van der Waals surface area contributed by atoms with Crippen LogP contribution in [0.15, 0.2) is 77.8 Å². The van der Waals surface area contributed by atoms with Crippen LogP contribution in [0.3, 0.4) is 0 Å². The first kappa shape index (κ1) is 19.9. The third-order valence-electron chi connectivity index (χ3n) is 4.82. The van der Waals surface area contributed by atoms with Crippen molar-refractivity contribution in [3.63, 3.8) is 0 Å². The zero-order valence-electron chi connectivity index (χ0n) is 16.3. The lowest BCUT2D eigenvalue weighted by atomic mass is 9.90. The van der Waals surface area contributed by atoms with Gasteiger partial charge in [0.15, 0.2) is 0 Å². The molecule has 0 bridgehead atoms. The monoisotopic (exact) mass is 418 g/mol. The third-order valence-corrected chi connectivity index (χ3v) is 5.05. The van der Waals surface area contributed by atoms with Crippen molar-refractivity contribution in [1.29, 1.82) is 0 Å². The maximum absolute atomic E-state index is 12.9. The first-order valence-electron chi connectivity index (χ1n) is 9.58. The van der Waals surface area contributed by atoms with Gasteiger partial charge in [-0.15, -0.1) is 0 Å². The minimum absolute atomic E-state index is 0.155. The second-order valence-corrected chi connectivity index (χ2v) is 7.22. The van der Waals surface area contributed by atoms with Crippen molar-refractivity contribution in [2.45, 2.75) is 12.8 Å². The fourth-order valence-corrected chi connectivity index (χ4v) is 3.61. The maximum Gasteiger partial charge on any atom is 0.338 e. The van der Waals surface area contributed by atoms with Crippen LogP contribution in [-0.2, 0) is 9.53 Å². The van der Waals surface area contributed by atoms with E-state index < -0.39 is 5.92 Å². The highest BCUT2D eigenvalue weighted by molar-refractivity contribution is 6.31. The fourth-order valence-electron chi connectivity index (χ4n) is 3.44. The molecule has 1 aliphatic heterocycles. The highest BCUT2D eigenvalue weighted by atomic mass is 35.5. The molecule has 1 amide bonds. The van der Waals surface area contributed by atoms with E-state index in [1.807, 2.05) is 36.4 Å². The van der Waals surface area contributed by atoms with Gasteiger partial charge in [0.05, 0.1) is 23.6 Å². The number of ether oxygens (including phenoxy) is 1. The number of halogens is 1. The van der Waals surface area contributed by atoms with Gasteiger partial charge in [-0.05, 0) is 54.4 Å². The number of fused-ring (bicyclic) bond motifs is 1. The van der Waals surface area contributed by atoms with Crippen LogP contribution in [0.5, 0.6) is 0 Å². The zero-order chi connectivity index (χ0) is 21.1. The van der Waals surface area contributed by atoms with E-state index in [9.17, 15) is 9.59 Å². The topological polar surface area (TPSA) is 67.8 Å². The molecule has 1 atom stereocenters. The summed E-state index contributed by atoms with van der Waals surface area (Å²) >= 11 is 6.09. The van der Waals surface area contributed by atoms with Gasteiger partial charge in [-0.1, -0.05) is 48.0 Å². The Balaban J connectivity index is 1.77. The quantitative estimate of drug-likeness (QED) is 0.447. The molecule has 3 aromatic carbocycles. The first-order valence-corrected chi connectivity index (χ1v) is 9.96. The molecule has 1 N–H and O–H groups in total. The van der Waals surface area contributed by atoms with Crippen molar-refractivity contribution in [2.75, 3.05) is 11.9 Å². The van der Waals surface area contributed by atoms with Crippen LogP contribution in [0, 0.1) is 0 Å². The van der Waals surface area contributed by atoms with Crippen LogP contribution in [0.1, 0.15) is 34.3 Å².